The topological polar surface area (TPSA) is 55.1 Å². The van der Waals surface area contributed by atoms with Gasteiger partial charge in [0.25, 0.3) is 5.91 Å². The molecule has 0 saturated carbocycles. The molecule has 0 rings (SSSR count). The van der Waals surface area contributed by atoms with E-state index in [4.69, 9.17) is 5.84 Å². The van der Waals surface area contributed by atoms with E-state index < -0.39 is 0 Å². The maximum Gasteiger partial charge on any atom is 0.257 e. The number of amides is 1. The number of carbonyl (C=O) groups excluding carboxylic acids is 1. The second kappa shape index (κ2) is 4.09. The molecule has 0 aromatic rings. The normalized spacial score (nSPS) is 10.7. The minimum atomic E-state index is -0.260. The van der Waals surface area contributed by atoms with Crippen molar-refractivity contribution in [2.45, 2.75) is 13.8 Å². The highest BCUT2D eigenvalue weighted by Gasteiger charge is 1.88. The van der Waals surface area contributed by atoms with Crippen LogP contribution in [0.3, 0.4) is 0 Å². The van der Waals surface area contributed by atoms with Gasteiger partial charge in [-0.25, -0.2) is 5.84 Å². The number of hydrogen-bond acceptors (Lipinski definition) is 2. The molecule has 0 aliphatic carbocycles. The number of carbonyl (C=O) groups is 1. The zero-order chi connectivity index (χ0) is 7.28. The largest absolute Gasteiger partial charge is 0.291 e. The maximum atomic E-state index is 10.4. The number of rotatable bonds is 2. The Kier molecular flexibility index (Phi) is 3.71. The van der Waals surface area contributed by atoms with Crippen LogP contribution in [0.15, 0.2) is 12.2 Å². The SMILES string of the molecule is CC(C)C=CC(=O)NN. The van der Waals surface area contributed by atoms with Gasteiger partial charge < -0.3 is 0 Å². The molecule has 3 nitrogen and oxygen atoms in total. The van der Waals surface area contributed by atoms with Crippen LogP contribution in [0, 0.1) is 5.92 Å². The second-order valence-electron chi connectivity index (χ2n) is 2.11. The van der Waals surface area contributed by atoms with Gasteiger partial charge in [-0.15, -0.1) is 0 Å². The number of hydrogen-bond donors (Lipinski definition) is 2. The summed E-state index contributed by atoms with van der Waals surface area (Å²) >= 11 is 0. The first-order chi connectivity index (χ1) is 4.16. The average Bonchev–Trinajstić information content (AvgIpc) is 1.83. The first kappa shape index (κ1) is 8.17. The number of hydrazine groups is 1. The summed E-state index contributed by atoms with van der Waals surface area (Å²) in [5.41, 5.74) is 1.99. The Balaban J connectivity index is 3.57. The van der Waals surface area contributed by atoms with Crippen molar-refractivity contribution < 1.29 is 4.79 Å². The predicted octanol–water partition coefficient (Wildman–Crippen LogP) is 0.189. The van der Waals surface area contributed by atoms with Gasteiger partial charge in [-0.1, -0.05) is 19.9 Å². The highest BCUT2D eigenvalue weighted by Crippen LogP contribution is 1.91. The Morgan fingerprint density at radius 2 is 2.22 bits per heavy atom. The number of nitrogens with two attached hydrogens (primary N) is 1. The van der Waals surface area contributed by atoms with E-state index in [1.165, 1.54) is 6.08 Å². The third-order valence-electron chi connectivity index (χ3n) is 0.775. The molecule has 0 aliphatic rings. The van der Waals surface area contributed by atoms with Crippen molar-refractivity contribution in [3.05, 3.63) is 12.2 Å². The molecule has 0 bridgehead atoms. The van der Waals surface area contributed by atoms with Crippen molar-refractivity contribution in [3.8, 4) is 0 Å². The Morgan fingerprint density at radius 1 is 1.67 bits per heavy atom. The lowest BCUT2D eigenvalue weighted by molar-refractivity contribution is -0.116. The lowest BCUT2D eigenvalue weighted by Crippen LogP contribution is -2.28. The lowest BCUT2D eigenvalue weighted by atomic mass is 10.2. The van der Waals surface area contributed by atoms with Crippen molar-refractivity contribution in [1.82, 2.24) is 5.43 Å². The fourth-order valence-corrected chi connectivity index (χ4v) is 0.328. The molecule has 0 unspecified atom stereocenters. The van der Waals surface area contributed by atoms with E-state index in [-0.39, 0.29) is 5.91 Å². The zero-order valence-electron chi connectivity index (χ0n) is 5.72. The van der Waals surface area contributed by atoms with Crippen LogP contribution in [0.5, 0.6) is 0 Å². The molecule has 0 aromatic carbocycles. The molecule has 0 spiro atoms. The van der Waals surface area contributed by atoms with Crippen molar-refractivity contribution in [2.24, 2.45) is 11.8 Å². The van der Waals surface area contributed by atoms with Gasteiger partial charge in [0.2, 0.25) is 0 Å². The van der Waals surface area contributed by atoms with Gasteiger partial charge in [0, 0.05) is 6.08 Å². The highest BCUT2D eigenvalue weighted by molar-refractivity contribution is 5.86. The molecule has 0 atom stereocenters. The molecule has 52 valence electrons. The van der Waals surface area contributed by atoms with Crippen molar-refractivity contribution in [1.29, 1.82) is 0 Å². The van der Waals surface area contributed by atoms with Gasteiger partial charge in [-0.05, 0) is 5.92 Å². The summed E-state index contributed by atoms with van der Waals surface area (Å²) in [6, 6.07) is 0. The summed E-state index contributed by atoms with van der Waals surface area (Å²) in [4.78, 5) is 10.4. The summed E-state index contributed by atoms with van der Waals surface area (Å²) in [6.07, 6.45) is 3.20. The molecular formula is C6H12N2O. The molecule has 3 heteroatoms. The Morgan fingerprint density at radius 3 is 2.56 bits per heavy atom. The Hall–Kier alpha value is -0.830. The molecule has 0 fully saturated rings. The third-order valence-corrected chi connectivity index (χ3v) is 0.775. The molecular weight excluding hydrogens is 116 g/mol. The van der Waals surface area contributed by atoms with Crippen LogP contribution < -0.4 is 11.3 Å². The third kappa shape index (κ3) is 5.03. The molecule has 3 N–H and O–H groups in total. The van der Waals surface area contributed by atoms with Crippen LogP contribution in [0.1, 0.15) is 13.8 Å². The Labute approximate surface area is 54.9 Å². The van der Waals surface area contributed by atoms with Gasteiger partial charge in [-0.2, -0.15) is 0 Å². The quantitative estimate of drug-likeness (QED) is 0.241. The molecule has 1 amide bonds. The van der Waals surface area contributed by atoms with Crippen molar-refractivity contribution >= 4 is 5.91 Å². The second-order valence-corrected chi connectivity index (χ2v) is 2.11. The molecule has 9 heavy (non-hydrogen) atoms. The Bertz CT molecular complexity index is 118. The fourth-order valence-electron chi connectivity index (χ4n) is 0.328. The minimum absolute atomic E-state index is 0.260. The minimum Gasteiger partial charge on any atom is -0.291 e. The summed E-state index contributed by atoms with van der Waals surface area (Å²) in [7, 11) is 0. The van der Waals surface area contributed by atoms with Crippen molar-refractivity contribution in [2.75, 3.05) is 0 Å². The van der Waals surface area contributed by atoms with Crippen molar-refractivity contribution in [3.63, 3.8) is 0 Å². The maximum absolute atomic E-state index is 10.4. The summed E-state index contributed by atoms with van der Waals surface area (Å²) in [5, 5.41) is 0. The van der Waals surface area contributed by atoms with Crippen LogP contribution >= 0.6 is 0 Å². The van der Waals surface area contributed by atoms with E-state index in [0.717, 1.165) is 0 Å². The van der Waals surface area contributed by atoms with Crippen LogP contribution in [0.4, 0.5) is 0 Å². The average molecular weight is 128 g/mol. The first-order valence-electron chi connectivity index (χ1n) is 2.85. The predicted molar refractivity (Wildman–Crippen MR) is 36.3 cm³/mol. The summed E-state index contributed by atoms with van der Waals surface area (Å²) < 4.78 is 0. The van der Waals surface area contributed by atoms with Gasteiger partial charge in [0.1, 0.15) is 0 Å². The van der Waals surface area contributed by atoms with E-state index in [1.807, 2.05) is 19.3 Å². The van der Waals surface area contributed by atoms with Crippen LogP contribution in [-0.2, 0) is 4.79 Å². The number of nitrogens with one attached hydrogen (secondary N) is 1. The van der Waals surface area contributed by atoms with E-state index in [1.54, 1.807) is 6.08 Å². The fraction of sp³-hybridized carbons (Fsp3) is 0.500. The number of allylic oxidation sites excluding steroid dienone is 1. The first-order valence-corrected chi connectivity index (χ1v) is 2.85. The standard InChI is InChI=1S/C6H12N2O/c1-5(2)3-4-6(9)8-7/h3-5H,7H2,1-2H3,(H,8,9). The van der Waals surface area contributed by atoms with Gasteiger partial charge in [0.15, 0.2) is 0 Å². The van der Waals surface area contributed by atoms with E-state index in [9.17, 15) is 4.79 Å². The smallest absolute Gasteiger partial charge is 0.257 e. The molecule has 0 aliphatic heterocycles. The summed E-state index contributed by atoms with van der Waals surface area (Å²) in [6.45, 7) is 3.97. The lowest BCUT2D eigenvalue weighted by Gasteiger charge is -1.92. The molecule has 0 radical (unpaired) electrons. The zero-order valence-corrected chi connectivity index (χ0v) is 5.72. The van der Waals surface area contributed by atoms with Crippen LogP contribution in [-0.4, -0.2) is 5.91 Å². The van der Waals surface area contributed by atoms with Gasteiger partial charge >= 0.3 is 0 Å². The van der Waals surface area contributed by atoms with E-state index in [0.29, 0.717) is 5.92 Å². The van der Waals surface area contributed by atoms with Crippen LogP contribution in [0.25, 0.3) is 0 Å². The molecule has 0 aromatic heterocycles. The monoisotopic (exact) mass is 128 g/mol. The summed E-state index contributed by atoms with van der Waals surface area (Å²) in [5.74, 6) is 4.94. The van der Waals surface area contributed by atoms with Gasteiger partial charge in [0.05, 0.1) is 0 Å². The van der Waals surface area contributed by atoms with E-state index >= 15 is 0 Å². The van der Waals surface area contributed by atoms with E-state index in [2.05, 4.69) is 0 Å². The van der Waals surface area contributed by atoms with Gasteiger partial charge in [-0.3, -0.25) is 10.2 Å². The molecule has 0 heterocycles. The molecule has 0 saturated heterocycles. The highest BCUT2D eigenvalue weighted by atomic mass is 16.2. The van der Waals surface area contributed by atoms with Crippen LogP contribution in [0.2, 0.25) is 0 Å².